The first kappa shape index (κ1) is 25.7. The summed E-state index contributed by atoms with van der Waals surface area (Å²) in [5.41, 5.74) is 1.18. The molecule has 0 aliphatic heterocycles. The van der Waals surface area contributed by atoms with Gasteiger partial charge in [-0.3, -0.25) is 9.59 Å². The van der Waals surface area contributed by atoms with E-state index in [1.807, 2.05) is 31.2 Å². The Morgan fingerprint density at radius 3 is 2.09 bits per heavy atom. The molecule has 0 saturated carbocycles. The number of amides is 3. The van der Waals surface area contributed by atoms with Crippen molar-refractivity contribution in [1.29, 1.82) is 0 Å². The van der Waals surface area contributed by atoms with E-state index in [9.17, 15) is 14.4 Å². The quantitative estimate of drug-likeness (QED) is 0.482. The lowest BCUT2D eigenvalue weighted by atomic mass is 10.2. The third kappa shape index (κ3) is 10.1. The van der Waals surface area contributed by atoms with Crippen LogP contribution < -0.4 is 20.7 Å². The van der Waals surface area contributed by atoms with Crippen molar-refractivity contribution in [2.24, 2.45) is 0 Å². The van der Waals surface area contributed by atoms with E-state index in [4.69, 9.17) is 9.47 Å². The maximum absolute atomic E-state index is 12.1. The van der Waals surface area contributed by atoms with Crippen LogP contribution in [0.15, 0.2) is 48.5 Å². The molecule has 8 nitrogen and oxygen atoms in total. The van der Waals surface area contributed by atoms with Crippen LogP contribution in [0.4, 0.5) is 10.5 Å². The Morgan fingerprint density at radius 1 is 0.939 bits per heavy atom. The monoisotopic (exact) mass is 455 g/mol. The van der Waals surface area contributed by atoms with Gasteiger partial charge in [-0.1, -0.05) is 17.7 Å². The summed E-state index contributed by atoms with van der Waals surface area (Å²) < 4.78 is 10.9. The van der Waals surface area contributed by atoms with Gasteiger partial charge in [0.05, 0.1) is 0 Å². The highest BCUT2D eigenvalue weighted by Crippen LogP contribution is 2.23. The van der Waals surface area contributed by atoms with Gasteiger partial charge in [-0.05, 0) is 77.4 Å². The Bertz CT molecular complexity index is 934. The Kier molecular flexibility index (Phi) is 9.27. The molecular weight excluding hydrogens is 422 g/mol. The van der Waals surface area contributed by atoms with Crippen LogP contribution in [0.3, 0.4) is 0 Å². The van der Waals surface area contributed by atoms with Gasteiger partial charge < -0.3 is 25.4 Å². The maximum atomic E-state index is 12.1. The Morgan fingerprint density at radius 2 is 1.52 bits per heavy atom. The molecule has 0 aromatic heterocycles. The molecule has 0 spiro atoms. The topological polar surface area (TPSA) is 106 Å². The minimum Gasteiger partial charge on any atom is -0.457 e. The highest BCUT2D eigenvalue weighted by Gasteiger charge is 2.20. The van der Waals surface area contributed by atoms with Gasteiger partial charge in [-0.25, -0.2) is 4.79 Å². The molecule has 0 saturated heterocycles. The molecule has 0 radical (unpaired) electrons. The lowest BCUT2D eigenvalue weighted by molar-refractivity contribution is -0.123. The summed E-state index contributed by atoms with van der Waals surface area (Å²) in [6.07, 6.45) is 0.0565. The van der Waals surface area contributed by atoms with E-state index in [0.29, 0.717) is 24.4 Å². The Balaban J connectivity index is 1.67. The smallest absolute Gasteiger partial charge is 0.408 e. The number of nitrogens with one attached hydrogen (secondary N) is 3. The van der Waals surface area contributed by atoms with Crippen molar-refractivity contribution in [3.63, 3.8) is 0 Å². The average molecular weight is 456 g/mol. The number of carbonyl (C=O) groups is 3. The first-order valence-corrected chi connectivity index (χ1v) is 10.9. The summed E-state index contributed by atoms with van der Waals surface area (Å²) in [6.45, 7) is 9.13. The lowest BCUT2D eigenvalue weighted by Gasteiger charge is -2.21. The van der Waals surface area contributed by atoms with Crippen molar-refractivity contribution in [2.75, 3.05) is 11.9 Å². The van der Waals surface area contributed by atoms with Crippen LogP contribution in [0.25, 0.3) is 0 Å². The molecule has 0 aliphatic carbocycles. The number of carbonyl (C=O) groups excluding carboxylic acids is 3. The number of hydrogen-bond acceptors (Lipinski definition) is 5. The molecule has 2 aromatic rings. The second-order valence-corrected chi connectivity index (χ2v) is 8.75. The molecule has 1 unspecified atom stereocenters. The van der Waals surface area contributed by atoms with E-state index in [2.05, 4.69) is 16.0 Å². The predicted octanol–water partition coefficient (Wildman–Crippen LogP) is 4.54. The third-order valence-corrected chi connectivity index (χ3v) is 4.40. The van der Waals surface area contributed by atoms with Gasteiger partial charge >= 0.3 is 6.09 Å². The molecule has 3 N–H and O–H groups in total. The van der Waals surface area contributed by atoms with E-state index in [1.165, 1.54) is 0 Å². The lowest BCUT2D eigenvalue weighted by Crippen LogP contribution is -2.46. The summed E-state index contributed by atoms with van der Waals surface area (Å²) in [7, 11) is 0. The highest BCUT2D eigenvalue weighted by molar-refractivity contribution is 5.90. The van der Waals surface area contributed by atoms with E-state index in [-0.39, 0.29) is 18.2 Å². The van der Waals surface area contributed by atoms with Gasteiger partial charge in [0.25, 0.3) is 0 Å². The van der Waals surface area contributed by atoms with Gasteiger partial charge in [0.15, 0.2) is 0 Å². The second kappa shape index (κ2) is 11.9. The molecule has 2 rings (SSSR count). The van der Waals surface area contributed by atoms with Gasteiger partial charge in [0.2, 0.25) is 11.8 Å². The zero-order chi connectivity index (χ0) is 24.4. The number of alkyl carbamates (subject to hydrolysis) is 1. The number of aryl methyl sites for hydroxylation is 1. The number of ether oxygens (including phenoxy) is 2. The summed E-state index contributed by atoms with van der Waals surface area (Å²) in [6, 6.07) is 14.1. The molecule has 0 aliphatic rings. The van der Waals surface area contributed by atoms with Crippen LogP contribution in [0.5, 0.6) is 11.5 Å². The zero-order valence-corrected chi connectivity index (χ0v) is 19.9. The zero-order valence-electron chi connectivity index (χ0n) is 19.9. The van der Waals surface area contributed by atoms with Crippen LogP contribution in [-0.2, 0) is 14.3 Å². The predicted molar refractivity (Wildman–Crippen MR) is 127 cm³/mol. The number of benzene rings is 2. The molecule has 33 heavy (non-hydrogen) atoms. The normalized spacial score (nSPS) is 11.8. The van der Waals surface area contributed by atoms with Crippen molar-refractivity contribution >= 4 is 23.6 Å². The first-order valence-electron chi connectivity index (χ1n) is 10.9. The second-order valence-electron chi connectivity index (χ2n) is 8.75. The van der Waals surface area contributed by atoms with Crippen molar-refractivity contribution in [1.82, 2.24) is 10.6 Å². The van der Waals surface area contributed by atoms with E-state index >= 15 is 0 Å². The van der Waals surface area contributed by atoms with Crippen LogP contribution in [-0.4, -0.2) is 36.1 Å². The minimum atomic E-state index is -0.741. The fourth-order valence-electron chi connectivity index (χ4n) is 2.74. The van der Waals surface area contributed by atoms with Gasteiger partial charge in [0.1, 0.15) is 23.1 Å². The van der Waals surface area contributed by atoms with E-state index < -0.39 is 17.7 Å². The summed E-state index contributed by atoms with van der Waals surface area (Å²) in [5, 5.41) is 7.99. The van der Waals surface area contributed by atoms with E-state index in [1.54, 1.807) is 52.0 Å². The molecule has 0 fully saturated rings. The van der Waals surface area contributed by atoms with Crippen LogP contribution in [0.1, 0.15) is 46.1 Å². The SMILES string of the molecule is Cc1ccc(Oc2ccc(NC(=O)CCCNC(=O)C(C)NC(=O)OC(C)(C)C)cc2)cc1. The highest BCUT2D eigenvalue weighted by atomic mass is 16.6. The third-order valence-electron chi connectivity index (χ3n) is 4.40. The summed E-state index contributed by atoms with van der Waals surface area (Å²) in [5.74, 6) is 0.922. The molecule has 2 aromatic carbocycles. The summed E-state index contributed by atoms with van der Waals surface area (Å²) in [4.78, 5) is 35.9. The molecule has 0 heterocycles. The van der Waals surface area contributed by atoms with Crippen molar-refractivity contribution in [2.45, 2.75) is 59.1 Å². The summed E-state index contributed by atoms with van der Waals surface area (Å²) >= 11 is 0. The molecule has 8 heteroatoms. The number of anilines is 1. The first-order chi connectivity index (χ1) is 15.5. The standard InChI is InChI=1S/C25H33N3O5/c1-17-8-12-20(13-9-17)32-21-14-10-19(11-15-21)28-22(29)7-6-16-26-23(30)18(2)27-24(31)33-25(3,4)5/h8-15,18H,6-7,16H2,1-5H3,(H,26,30)(H,27,31)(H,28,29). The van der Waals surface area contributed by atoms with Crippen LogP contribution in [0, 0.1) is 6.92 Å². The molecule has 0 bridgehead atoms. The van der Waals surface area contributed by atoms with Crippen LogP contribution in [0.2, 0.25) is 0 Å². The fourth-order valence-corrected chi connectivity index (χ4v) is 2.74. The largest absolute Gasteiger partial charge is 0.457 e. The molecular formula is C25H33N3O5. The van der Waals surface area contributed by atoms with E-state index in [0.717, 1.165) is 11.3 Å². The van der Waals surface area contributed by atoms with Gasteiger partial charge in [-0.15, -0.1) is 0 Å². The van der Waals surface area contributed by atoms with Gasteiger partial charge in [0, 0.05) is 18.7 Å². The number of hydrogen-bond donors (Lipinski definition) is 3. The van der Waals surface area contributed by atoms with Crippen molar-refractivity contribution < 1.29 is 23.9 Å². The minimum absolute atomic E-state index is 0.156. The molecule has 178 valence electrons. The van der Waals surface area contributed by atoms with Crippen LogP contribution >= 0.6 is 0 Å². The maximum Gasteiger partial charge on any atom is 0.408 e. The fraction of sp³-hybridized carbons (Fsp3) is 0.400. The van der Waals surface area contributed by atoms with Gasteiger partial charge in [-0.2, -0.15) is 0 Å². The average Bonchev–Trinajstić information content (AvgIpc) is 2.72. The molecule has 1 atom stereocenters. The Hall–Kier alpha value is -3.55. The number of rotatable bonds is 9. The van der Waals surface area contributed by atoms with Crippen molar-refractivity contribution in [3.8, 4) is 11.5 Å². The van der Waals surface area contributed by atoms with Crippen molar-refractivity contribution in [3.05, 3.63) is 54.1 Å². The Labute approximate surface area is 195 Å². The molecule has 3 amide bonds.